The molecule has 0 fully saturated rings. The van der Waals surface area contributed by atoms with Crippen molar-refractivity contribution in [3.63, 3.8) is 0 Å². The molecule has 3 rings (SSSR count). The summed E-state index contributed by atoms with van der Waals surface area (Å²) in [5.41, 5.74) is 2.97. The molecule has 3 aromatic rings. The smallest absolute Gasteiger partial charge is 0.0790 e. The number of aromatic nitrogens is 3. The van der Waals surface area contributed by atoms with Crippen LogP contribution in [0.4, 0.5) is 0 Å². The predicted molar refractivity (Wildman–Crippen MR) is 85.9 cm³/mol. The Morgan fingerprint density at radius 1 is 1.29 bits per heavy atom. The number of nitrogens with one attached hydrogen (secondary N) is 1. The summed E-state index contributed by atoms with van der Waals surface area (Å²) in [6, 6.07) is 10.1. The molecule has 4 nitrogen and oxygen atoms in total. The first-order valence-corrected chi connectivity index (χ1v) is 7.45. The Morgan fingerprint density at radius 3 is 2.90 bits per heavy atom. The minimum atomic E-state index is 0.626. The van der Waals surface area contributed by atoms with Gasteiger partial charge in [0.25, 0.3) is 0 Å². The number of halogens is 1. The van der Waals surface area contributed by atoms with Gasteiger partial charge in [0.05, 0.1) is 28.1 Å². The number of benzene rings is 1. The van der Waals surface area contributed by atoms with Crippen molar-refractivity contribution >= 4 is 22.5 Å². The molecule has 2 heterocycles. The molecule has 108 valence electrons. The molecule has 0 atom stereocenters. The van der Waals surface area contributed by atoms with Crippen LogP contribution in [0.2, 0.25) is 5.02 Å². The highest BCUT2D eigenvalue weighted by molar-refractivity contribution is 6.30. The third-order valence-electron chi connectivity index (χ3n) is 3.28. The first kappa shape index (κ1) is 14.0. The molecule has 0 amide bonds. The minimum absolute atomic E-state index is 0.626. The van der Waals surface area contributed by atoms with Crippen molar-refractivity contribution in [1.29, 1.82) is 0 Å². The van der Waals surface area contributed by atoms with Crippen molar-refractivity contribution < 1.29 is 0 Å². The molecule has 0 saturated carbocycles. The lowest BCUT2D eigenvalue weighted by atomic mass is 10.1. The molecule has 0 aliphatic heterocycles. The second-order valence-electron chi connectivity index (χ2n) is 4.93. The van der Waals surface area contributed by atoms with Crippen LogP contribution in [0.5, 0.6) is 0 Å². The van der Waals surface area contributed by atoms with Gasteiger partial charge in [-0.25, -0.2) is 4.68 Å². The lowest BCUT2D eigenvalue weighted by Gasteiger charge is -2.10. The van der Waals surface area contributed by atoms with Crippen LogP contribution in [0.25, 0.3) is 16.6 Å². The molecule has 0 unspecified atom stereocenters. The number of hydrogen-bond acceptors (Lipinski definition) is 3. The molecular weight excluding hydrogens is 284 g/mol. The zero-order valence-electron chi connectivity index (χ0n) is 11.9. The summed E-state index contributed by atoms with van der Waals surface area (Å²) in [5.74, 6) is 0. The van der Waals surface area contributed by atoms with Gasteiger partial charge in [-0.3, -0.25) is 4.98 Å². The van der Waals surface area contributed by atoms with Gasteiger partial charge < -0.3 is 5.32 Å². The molecule has 0 radical (unpaired) electrons. The van der Waals surface area contributed by atoms with E-state index in [0.717, 1.165) is 41.8 Å². The van der Waals surface area contributed by atoms with Gasteiger partial charge >= 0.3 is 0 Å². The van der Waals surface area contributed by atoms with E-state index in [0.29, 0.717) is 5.02 Å². The monoisotopic (exact) mass is 300 g/mol. The summed E-state index contributed by atoms with van der Waals surface area (Å²) < 4.78 is 1.80. The molecule has 21 heavy (non-hydrogen) atoms. The lowest BCUT2D eigenvalue weighted by molar-refractivity contribution is 0.665. The van der Waals surface area contributed by atoms with Crippen LogP contribution in [0.15, 0.2) is 42.7 Å². The number of nitrogens with zero attached hydrogens (tertiary/aromatic N) is 3. The first-order valence-electron chi connectivity index (χ1n) is 7.08. The highest BCUT2D eigenvalue weighted by Gasteiger charge is 2.08. The van der Waals surface area contributed by atoms with Crippen molar-refractivity contribution in [2.24, 2.45) is 0 Å². The maximum atomic E-state index is 5.99. The average Bonchev–Trinajstić information content (AvgIpc) is 2.93. The van der Waals surface area contributed by atoms with Crippen LogP contribution in [0.3, 0.4) is 0 Å². The molecule has 0 bridgehead atoms. The standard InChI is InChI=1S/C16H17ClN4/c1-2-7-18-10-13-8-16(21-11-12(17)9-19-21)14-5-3-4-6-15(14)20-13/h3-6,8-9,11,18H,2,7,10H2,1H3. The van der Waals surface area contributed by atoms with E-state index in [2.05, 4.69) is 29.5 Å². The van der Waals surface area contributed by atoms with Gasteiger partial charge in [0.15, 0.2) is 0 Å². The first-order chi connectivity index (χ1) is 10.3. The fourth-order valence-corrected chi connectivity index (χ4v) is 2.45. The summed E-state index contributed by atoms with van der Waals surface area (Å²) >= 11 is 5.99. The van der Waals surface area contributed by atoms with Crippen molar-refractivity contribution in [3.8, 4) is 5.69 Å². The van der Waals surface area contributed by atoms with E-state index in [1.54, 1.807) is 10.9 Å². The van der Waals surface area contributed by atoms with Crippen LogP contribution in [0.1, 0.15) is 19.0 Å². The highest BCUT2D eigenvalue weighted by Crippen LogP contribution is 2.22. The minimum Gasteiger partial charge on any atom is -0.311 e. The zero-order valence-corrected chi connectivity index (χ0v) is 12.6. The fourth-order valence-electron chi connectivity index (χ4n) is 2.32. The van der Waals surface area contributed by atoms with E-state index in [9.17, 15) is 0 Å². The molecular formula is C16H17ClN4. The number of rotatable bonds is 5. The van der Waals surface area contributed by atoms with E-state index >= 15 is 0 Å². The van der Waals surface area contributed by atoms with Crippen molar-refractivity contribution in [2.75, 3.05) is 6.54 Å². The molecule has 1 N–H and O–H groups in total. The molecule has 0 spiro atoms. The summed E-state index contributed by atoms with van der Waals surface area (Å²) in [6.45, 7) is 3.89. The Morgan fingerprint density at radius 2 is 2.14 bits per heavy atom. The Kier molecular flexibility index (Phi) is 4.18. The van der Waals surface area contributed by atoms with Crippen LogP contribution in [0, 0.1) is 0 Å². The summed E-state index contributed by atoms with van der Waals surface area (Å²) in [4.78, 5) is 4.70. The number of para-hydroxylation sites is 1. The van der Waals surface area contributed by atoms with Crippen molar-refractivity contribution in [1.82, 2.24) is 20.1 Å². The van der Waals surface area contributed by atoms with Gasteiger partial charge in [0.2, 0.25) is 0 Å². The normalized spacial score (nSPS) is 11.1. The maximum Gasteiger partial charge on any atom is 0.0790 e. The molecule has 5 heteroatoms. The third kappa shape index (κ3) is 3.06. The largest absolute Gasteiger partial charge is 0.311 e. The summed E-state index contributed by atoms with van der Waals surface area (Å²) in [5, 5.41) is 9.38. The van der Waals surface area contributed by atoms with E-state index in [1.165, 1.54) is 0 Å². The predicted octanol–water partition coefficient (Wildman–Crippen LogP) is 3.57. The fraction of sp³-hybridized carbons (Fsp3) is 0.250. The van der Waals surface area contributed by atoms with E-state index in [1.807, 2.05) is 24.4 Å². The second kappa shape index (κ2) is 6.24. The zero-order chi connectivity index (χ0) is 14.7. The number of hydrogen-bond donors (Lipinski definition) is 1. The number of pyridine rings is 1. The Labute approximate surface area is 128 Å². The van der Waals surface area contributed by atoms with Crippen molar-refractivity contribution in [3.05, 3.63) is 53.4 Å². The lowest BCUT2D eigenvalue weighted by Crippen LogP contribution is -2.15. The van der Waals surface area contributed by atoms with Gasteiger partial charge in [-0.15, -0.1) is 0 Å². The quantitative estimate of drug-likeness (QED) is 0.733. The van der Waals surface area contributed by atoms with Crippen LogP contribution < -0.4 is 5.32 Å². The molecule has 1 aromatic carbocycles. The van der Waals surface area contributed by atoms with Crippen molar-refractivity contribution in [2.45, 2.75) is 19.9 Å². The molecule has 2 aromatic heterocycles. The van der Waals surface area contributed by atoms with E-state index in [4.69, 9.17) is 16.6 Å². The molecule has 0 saturated heterocycles. The Hall–Kier alpha value is -1.91. The van der Waals surface area contributed by atoms with Gasteiger partial charge in [-0.1, -0.05) is 36.7 Å². The molecule has 0 aliphatic carbocycles. The summed E-state index contributed by atoms with van der Waals surface area (Å²) in [7, 11) is 0. The van der Waals surface area contributed by atoms with E-state index in [-0.39, 0.29) is 0 Å². The average molecular weight is 301 g/mol. The SMILES string of the molecule is CCCNCc1cc(-n2cc(Cl)cn2)c2ccccc2n1. The highest BCUT2D eigenvalue weighted by atomic mass is 35.5. The topological polar surface area (TPSA) is 42.7 Å². The van der Waals surface area contributed by atoms with E-state index < -0.39 is 0 Å². The van der Waals surface area contributed by atoms with Gasteiger partial charge in [0.1, 0.15) is 0 Å². The maximum absolute atomic E-state index is 5.99. The second-order valence-corrected chi connectivity index (χ2v) is 5.37. The number of fused-ring (bicyclic) bond motifs is 1. The Bertz CT molecular complexity index is 751. The van der Waals surface area contributed by atoms with Crippen LogP contribution in [-0.4, -0.2) is 21.3 Å². The van der Waals surface area contributed by atoms with Gasteiger partial charge in [0, 0.05) is 18.1 Å². The Balaban J connectivity index is 2.07. The summed E-state index contributed by atoms with van der Waals surface area (Å²) in [6.07, 6.45) is 4.56. The van der Waals surface area contributed by atoms with Crippen LogP contribution in [-0.2, 0) is 6.54 Å². The third-order valence-corrected chi connectivity index (χ3v) is 3.47. The van der Waals surface area contributed by atoms with Gasteiger partial charge in [-0.05, 0) is 25.1 Å². The van der Waals surface area contributed by atoms with Crippen LogP contribution >= 0.6 is 11.6 Å². The molecule has 0 aliphatic rings. The van der Waals surface area contributed by atoms with Gasteiger partial charge in [-0.2, -0.15) is 5.10 Å².